The van der Waals surface area contributed by atoms with Crippen LogP contribution < -0.4 is 0 Å². The van der Waals surface area contributed by atoms with E-state index in [1.807, 2.05) is 24.3 Å². The van der Waals surface area contributed by atoms with Gasteiger partial charge in [-0.3, -0.25) is 0 Å². The fourth-order valence-electron chi connectivity index (χ4n) is 16.2. The number of aromatic nitrogens is 6. The Labute approximate surface area is 606 Å². The molecule has 0 N–H and O–H groups in total. The Morgan fingerprint density at radius 2 is 0.557 bits per heavy atom. The van der Waals surface area contributed by atoms with Gasteiger partial charge in [-0.1, -0.05) is 273 Å². The first kappa shape index (κ1) is 59.4. The standard InChI is InChI=1S/C98H56N6O2/c1-2-13-57(14-3-1)67-39-29-60-32-43-72(53-75(60)50-67)95-100-96(104-97(102-95)82-23-12-26-87-90(82)81-48-45-65-38-36-63-17-7-9-21-80(63)89(65)92(81)106-87)74-46-47-79-69(52-74)19-10-22-77(79)64-34-27-59(28-35-64)68-40-30-61-33-44-73(54-76(61)51-68)94-99-93(71-42-31-58-15-4-5-18-66(58)49-71)101-98(103-94)83-24-11-25-86-91(83)85-56-84-70(55-88(85)105-86)41-37-62-16-6-8-20-78(62)84/h1-56H. The van der Waals surface area contributed by atoms with E-state index in [9.17, 15) is 0 Å². The summed E-state index contributed by atoms with van der Waals surface area (Å²) in [6, 6.07) is 121. The van der Waals surface area contributed by atoms with Gasteiger partial charge in [0.15, 0.2) is 34.9 Å². The van der Waals surface area contributed by atoms with Crippen molar-refractivity contribution in [3.05, 3.63) is 340 Å². The number of fused-ring (bicyclic) bond motifs is 17. The van der Waals surface area contributed by atoms with Crippen LogP contribution in [0.4, 0.5) is 0 Å². The molecule has 0 saturated heterocycles. The number of nitrogens with zero attached hydrogens (tertiary/aromatic N) is 6. The zero-order valence-electron chi connectivity index (χ0n) is 56.8. The molecule has 106 heavy (non-hydrogen) atoms. The number of furan rings is 2. The molecule has 0 amide bonds. The van der Waals surface area contributed by atoms with E-state index in [0.717, 1.165) is 181 Å². The third-order valence-corrected chi connectivity index (χ3v) is 21.5. The molecule has 0 bridgehead atoms. The van der Waals surface area contributed by atoms with Crippen LogP contribution in [0.5, 0.6) is 0 Å². The van der Waals surface area contributed by atoms with Gasteiger partial charge in [-0.25, -0.2) is 29.9 Å². The number of benzene rings is 18. The second-order valence-corrected chi connectivity index (χ2v) is 27.7. The predicted molar refractivity (Wildman–Crippen MR) is 437 cm³/mol. The normalized spacial score (nSPS) is 12.0. The van der Waals surface area contributed by atoms with Gasteiger partial charge in [0, 0.05) is 60.3 Å². The summed E-state index contributed by atoms with van der Waals surface area (Å²) in [7, 11) is 0. The molecule has 0 aliphatic rings. The van der Waals surface area contributed by atoms with Gasteiger partial charge in [-0.15, -0.1) is 0 Å². The van der Waals surface area contributed by atoms with Crippen molar-refractivity contribution in [2.75, 3.05) is 0 Å². The second kappa shape index (κ2) is 23.6. The SMILES string of the molecule is c1ccc(-c2ccc3ccc(-c4nc(-c5ccc6c(-c7ccc(-c8ccc9ccc(-c%10nc(-c%11ccc%12ccccc%12c%11)nc(-c%11cccc%12oc%13cc%14ccc%15ccccc%15c%14cc%13c%11%12)n%10)cc9c8)cc7)cccc6c5)nc(-c5cccc6oc7c(ccc8ccc9ccccc9c87)c56)n4)cc3c2)cc1. The van der Waals surface area contributed by atoms with Gasteiger partial charge >= 0.3 is 0 Å². The first-order chi connectivity index (χ1) is 52.4. The summed E-state index contributed by atoms with van der Waals surface area (Å²) >= 11 is 0. The first-order valence-electron chi connectivity index (χ1n) is 35.8. The van der Waals surface area contributed by atoms with Gasteiger partial charge in [0.05, 0.1) is 0 Å². The molecule has 4 heterocycles. The third-order valence-electron chi connectivity index (χ3n) is 21.5. The summed E-state index contributed by atoms with van der Waals surface area (Å²) < 4.78 is 13.6. The smallest absolute Gasteiger partial charge is 0.164 e. The van der Waals surface area contributed by atoms with Crippen LogP contribution in [0.2, 0.25) is 0 Å². The Bertz CT molecular complexity index is 7470. The van der Waals surface area contributed by atoms with Gasteiger partial charge in [0.1, 0.15) is 22.3 Å². The lowest BCUT2D eigenvalue weighted by Crippen LogP contribution is -2.00. The van der Waals surface area contributed by atoms with Gasteiger partial charge in [-0.05, 0) is 181 Å². The summed E-state index contributed by atoms with van der Waals surface area (Å²) in [6.07, 6.45) is 0. The molecule has 18 aromatic carbocycles. The van der Waals surface area contributed by atoms with Crippen LogP contribution in [-0.4, -0.2) is 29.9 Å². The molecule has 4 aromatic heterocycles. The monoisotopic (exact) mass is 1350 g/mol. The Hall–Kier alpha value is -14.3. The number of hydrogen-bond acceptors (Lipinski definition) is 8. The van der Waals surface area contributed by atoms with E-state index in [1.54, 1.807) is 0 Å². The van der Waals surface area contributed by atoms with Crippen molar-refractivity contribution >= 4 is 130 Å². The van der Waals surface area contributed by atoms with Crippen molar-refractivity contribution in [2.45, 2.75) is 0 Å². The molecule has 8 heteroatoms. The molecular weight excluding hydrogens is 1290 g/mol. The van der Waals surface area contributed by atoms with Crippen molar-refractivity contribution in [3.8, 4) is 102 Å². The van der Waals surface area contributed by atoms with Gasteiger partial charge in [0.2, 0.25) is 0 Å². The third kappa shape index (κ3) is 9.84. The molecule has 0 spiro atoms. The fraction of sp³-hybridized carbons (Fsp3) is 0. The van der Waals surface area contributed by atoms with Crippen LogP contribution in [0.1, 0.15) is 0 Å². The minimum atomic E-state index is 0.561. The molecule has 0 aliphatic heterocycles. The maximum atomic E-state index is 6.91. The summed E-state index contributed by atoms with van der Waals surface area (Å²) in [5.74, 6) is 3.45. The number of rotatable bonds is 9. The van der Waals surface area contributed by atoms with Crippen molar-refractivity contribution in [3.63, 3.8) is 0 Å². The van der Waals surface area contributed by atoms with E-state index in [1.165, 1.54) is 16.2 Å². The summed E-state index contributed by atoms with van der Waals surface area (Å²) in [6.45, 7) is 0. The maximum Gasteiger partial charge on any atom is 0.164 e. The van der Waals surface area contributed by atoms with Crippen molar-refractivity contribution in [1.29, 1.82) is 0 Å². The predicted octanol–water partition coefficient (Wildman–Crippen LogP) is 26.1. The quantitative estimate of drug-likeness (QED) is 0.132. The lowest BCUT2D eigenvalue weighted by atomic mass is 9.94. The highest BCUT2D eigenvalue weighted by atomic mass is 16.3. The Balaban J connectivity index is 0.621. The maximum absolute atomic E-state index is 6.91. The first-order valence-corrected chi connectivity index (χ1v) is 35.8. The van der Waals surface area contributed by atoms with Gasteiger partial charge < -0.3 is 8.83 Å². The highest BCUT2D eigenvalue weighted by Crippen LogP contribution is 2.45. The van der Waals surface area contributed by atoms with Crippen molar-refractivity contribution in [2.24, 2.45) is 0 Å². The summed E-state index contributed by atoms with van der Waals surface area (Å²) in [5, 5.41) is 22.0. The number of hydrogen-bond donors (Lipinski definition) is 0. The fourth-order valence-corrected chi connectivity index (χ4v) is 16.2. The van der Waals surface area contributed by atoms with Crippen LogP contribution in [-0.2, 0) is 0 Å². The van der Waals surface area contributed by atoms with Crippen LogP contribution >= 0.6 is 0 Å². The molecule has 22 rings (SSSR count). The van der Waals surface area contributed by atoms with Crippen LogP contribution in [0.3, 0.4) is 0 Å². The molecule has 0 radical (unpaired) electrons. The lowest BCUT2D eigenvalue weighted by molar-refractivity contribution is 0.669. The van der Waals surface area contributed by atoms with E-state index in [-0.39, 0.29) is 0 Å². The van der Waals surface area contributed by atoms with Crippen molar-refractivity contribution in [1.82, 2.24) is 29.9 Å². The molecule has 490 valence electrons. The largest absolute Gasteiger partial charge is 0.456 e. The highest BCUT2D eigenvalue weighted by Gasteiger charge is 2.23. The molecule has 0 atom stereocenters. The van der Waals surface area contributed by atoms with Crippen molar-refractivity contribution < 1.29 is 8.83 Å². The van der Waals surface area contributed by atoms with E-state index in [2.05, 4.69) is 315 Å². The minimum absolute atomic E-state index is 0.561. The Morgan fingerprint density at radius 3 is 1.21 bits per heavy atom. The Morgan fingerprint density at radius 1 is 0.160 bits per heavy atom. The van der Waals surface area contributed by atoms with Crippen LogP contribution in [0, 0.1) is 0 Å². The zero-order chi connectivity index (χ0) is 69.5. The molecule has 0 fully saturated rings. The van der Waals surface area contributed by atoms with Gasteiger partial charge in [0.25, 0.3) is 0 Å². The minimum Gasteiger partial charge on any atom is -0.456 e. The molecular formula is C98H56N6O2. The average molecular weight is 1350 g/mol. The zero-order valence-corrected chi connectivity index (χ0v) is 56.8. The topological polar surface area (TPSA) is 104 Å². The van der Waals surface area contributed by atoms with Gasteiger partial charge in [-0.2, -0.15) is 0 Å². The van der Waals surface area contributed by atoms with Crippen LogP contribution in [0.15, 0.2) is 349 Å². The lowest BCUT2D eigenvalue weighted by Gasteiger charge is -2.12. The van der Waals surface area contributed by atoms with E-state index >= 15 is 0 Å². The van der Waals surface area contributed by atoms with E-state index < -0.39 is 0 Å². The summed E-state index contributed by atoms with van der Waals surface area (Å²) in [4.78, 5) is 32.2. The van der Waals surface area contributed by atoms with Crippen LogP contribution in [0.25, 0.3) is 232 Å². The second-order valence-electron chi connectivity index (χ2n) is 27.7. The average Bonchev–Trinajstić information content (AvgIpc) is 1.54. The van der Waals surface area contributed by atoms with E-state index in [0.29, 0.717) is 34.9 Å². The van der Waals surface area contributed by atoms with E-state index in [4.69, 9.17) is 38.7 Å². The molecule has 0 aliphatic carbocycles. The molecule has 0 saturated carbocycles. The molecule has 8 nitrogen and oxygen atoms in total. The summed E-state index contributed by atoms with van der Waals surface area (Å²) in [5.41, 5.74) is 15.2. The molecule has 0 unspecified atom stereocenters. The highest BCUT2D eigenvalue weighted by molar-refractivity contribution is 6.25. The molecule has 22 aromatic rings. The Kier molecular flexibility index (Phi) is 13.2.